The number of para-hydroxylation sites is 1. The molecular weight excluding hydrogens is 330 g/mol. The van der Waals surface area contributed by atoms with Gasteiger partial charge in [0.05, 0.1) is 25.4 Å². The normalized spacial score (nSPS) is 19.8. The fourth-order valence-corrected chi connectivity index (χ4v) is 3.66. The highest BCUT2D eigenvalue weighted by Crippen LogP contribution is 2.27. The summed E-state index contributed by atoms with van der Waals surface area (Å²) in [5, 5.41) is 10.1. The van der Waals surface area contributed by atoms with Crippen LogP contribution in [-0.2, 0) is 16.0 Å². The molecule has 0 bridgehead atoms. The molecule has 1 aromatic carbocycles. The number of carbonyl (C=O) groups is 1. The third-order valence-corrected chi connectivity index (χ3v) is 5.10. The van der Waals surface area contributed by atoms with Crippen LogP contribution >= 0.6 is 0 Å². The Balaban J connectivity index is 1.41. The summed E-state index contributed by atoms with van der Waals surface area (Å²) in [6, 6.07) is 8.18. The number of nitrogens with zero attached hydrogens (tertiary/aromatic N) is 3. The lowest BCUT2D eigenvalue weighted by Gasteiger charge is -2.35. The lowest BCUT2D eigenvalue weighted by molar-refractivity contribution is -0.120. The number of hydrogen-bond acceptors (Lipinski definition) is 5. The second kappa shape index (κ2) is 8.95. The number of fused-ring (bicyclic) bond motifs is 1. The van der Waals surface area contributed by atoms with E-state index in [2.05, 4.69) is 15.9 Å². The van der Waals surface area contributed by atoms with Gasteiger partial charge in [-0.1, -0.05) is 18.2 Å². The first-order chi connectivity index (χ1) is 12.5. The highest BCUT2D eigenvalue weighted by molar-refractivity contribution is 5.96. The highest BCUT2D eigenvalue weighted by Gasteiger charge is 2.27. The number of aliphatic hydroxyl groups excluding tert-OH is 1. The summed E-state index contributed by atoms with van der Waals surface area (Å²) in [5.74, 6) is 0.189. The zero-order valence-corrected chi connectivity index (χ0v) is 15.9. The summed E-state index contributed by atoms with van der Waals surface area (Å²) in [4.78, 5) is 19.1. The maximum atomic E-state index is 12.7. The van der Waals surface area contributed by atoms with E-state index in [9.17, 15) is 9.90 Å². The van der Waals surface area contributed by atoms with E-state index in [0.29, 0.717) is 19.7 Å². The molecule has 2 aliphatic rings. The number of β-amino-alcohol motifs (C(OH)–C–C–N with tert-alkyl or cyclic N) is 1. The Bertz CT molecular complexity index is 600. The summed E-state index contributed by atoms with van der Waals surface area (Å²) < 4.78 is 5.47. The van der Waals surface area contributed by atoms with Gasteiger partial charge < -0.3 is 14.7 Å². The predicted molar refractivity (Wildman–Crippen MR) is 102 cm³/mol. The molecule has 0 saturated carbocycles. The molecule has 0 aromatic heterocycles. The van der Waals surface area contributed by atoms with Crippen LogP contribution in [0.1, 0.15) is 19.4 Å². The van der Waals surface area contributed by atoms with Crippen molar-refractivity contribution in [2.75, 3.05) is 57.3 Å². The Morgan fingerprint density at radius 2 is 1.81 bits per heavy atom. The standard InChI is InChI=1S/C20H31N3O3/c1-16(2)26-15-18(24)13-21-9-11-22(12-10-21)14-20(25)23-8-7-17-5-3-4-6-19(17)23/h3-6,16,18,24H,7-15H2,1-2H3. The third-order valence-electron chi connectivity index (χ3n) is 5.10. The van der Waals surface area contributed by atoms with Crippen LogP contribution in [0.2, 0.25) is 0 Å². The van der Waals surface area contributed by atoms with Crippen LogP contribution < -0.4 is 4.90 Å². The number of ether oxygens (including phenoxy) is 1. The Morgan fingerprint density at radius 3 is 2.54 bits per heavy atom. The first-order valence-electron chi connectivity index (χ1n) is 9.65. The van der Waals surface area contributed by atoms with Crippen LogP contribution in [-0.4, -0.2) is 85.4 Å². The molecule has 6 heteroatoms. The Hall–Kier alpha value is -1.47. The van der Waals surface area contributed by atoms with E-state index >= 15 is 0 Å². The van der Waals surface area contributed by atoms with Crippen molar-refractivity contribution in [2.45, 2.75) is 32.5 Å². The second-order valence-corrected chi connectivity index (χ2v) is 7.54. The number of aliphatic hydroxyl groups is 1. The van der Waals surface area contributed by atoms with Crippen LogP contribution in [0.25, 0.3) is 0 Å². The molecule has 6 nitrogen and oxygen atoms in total. The zero-order chi connectivity index (χ0) is 18.5. The summed E-state index contributed by atoms with van der Waals surface area (Å²) in [5.41, 5.74) is 2.34. The summed E-state index contributed by atoms with van der Waals surface area (Å²) >= 11 is 0. The molecule has 1 N–H and O–H groups in total. The van der Waals surface area contributed by atoms with E-state index in [1.165, 1.54) is 5.56 Å². The number of hydrogen-bond donors (Lipinski definition) is 1. The molecule has 1 atom stereocenters. The predicted octanol–water partition coefficient (Wildman–Crippen LogP) is 0.979. The fraction of sp³-hybridized carbons (Fsp3) is 0.650. The maximum Gasteiger partial charge on any atom is 0.241 e. The molecule has 1 amide bonds. The van der Waals surface area contributed by atoms with Crippen molar-refractivity contribution in [3.8, 4) is 0 Å². The number of rotatable bonds is 7. The molecular formula is C20H31N3O3. The first-order valence-corrected chi connectivity index (χ1v) is 9.65. The van der Waals surface area contributed by atoms with Gasteiger partial charge in [-0.2, -0.15) is 0 Å². The molecule has 2 aliphatic heterocycles. The highest BCUT2D eigenvalue weighted by atomic mass is 16.5. The minimum atomic E-state index is -0.452. The van der Waals surface area contributed by atoms with Crippen LogP contribution in [0.4, 0.5) is 5.69 Å². The van der Waals surface area contributed by atoms with Gasteiger partial charge in [0, 0.05) is 45.0 Å². The van der Waals surface area contributed by atoms with Gasteiger partial charge in [-0.3, -0.25) is 14.6 Å². The molecule has 3 rings (SSSR count). The van der Waals surface area contributed by atoms with Crippen LogP contribution in [0.5, 0.6) is 0 Å². The molecule has 144 valence electrons. The maximum absolute atomic E-state index is 12.7. The van der Waals surface area contributed by atoms with Crippen molar-refractivity contribution in [1.82, 2.24) is 9.80 Å². The van der Waals surface area contributed by atoms with Crippen molar-refractivity contribution in [3.05, 3.63) is 29.8 Å². The first kappa shape index (κ1) is 19.3. The van der Waals surface area contributed by atoms with Crippen LogP contribution in [0.3, 0.4) is 0 Å². The van der Waals surface area contributed by atoms with Crippen molar-refractivity contribution in [3.63, 3.8) is 0 Å². The van der Waals surface area contributed by atoms with Gasteiger partial charge in [0.25, 0.3) is 0 Å². The number of piperazine rings is 1. The Morgan fingerprint density at radius 1 is 1.12 bits per heavy atom. The molecule has 1 unspecified atom stereocenters. The summed E-state index contributed by atoms with van der Waals surface area (Å²) in [6.07, 6.45) is 0.640. The molecule has 0 radical (unpaired) electrons. The number of amides is 1. The van der Waals surface area contributed by atoms with Crippen molar-refractivity contribution in [2.24, 2.45) is 0 Å². The minimum Gasteiger partial charge on any atom is -0.389 e. The number of anilines is 1. The molecule has 26 heavy (non-hydrogen) atoms. The van der Waals surface area contributed by atoms with E-state index in [4.69, 9.17) is 4.74 Å². The van der Waals surface area contributed by atoms with Crippen molar-refractivity contribution >= 4 is 11.6 Å². The lowest BCUT2D eigenvalue weighted by Crippen LogP contribution is -2.51. The summed E-state index contributed by atoms with van der Waals surface area (Å²) in [7, 11) is 0. The van der Waals surface area contributed by atoms with E-state index in [1.54, 1.807) is 0 Å². The molecule has 2 heterocycles. The topological polar surface area (TPSA) is 56.3 Å². The van der Waals surface area contributed by atoms with Gasteiger partial charge >= 0.3 is 0 Å². The van der Waals surface area contributed by atoms with Gasteiger partial charge in [0.15, 0.2) is 0 Å². The molecule has 1 saturated heterocycles. The third kappa shape index (κ3) is 5.04. The Labute approximate surface area is 156 Å². The van der Waals surface area contributed by atoms with E-state index in [-0.39, 0.29) is 12.0 Å². The minimum absolute atomic E-state index is 0.142. The largest absolute Gasteiger partial charge is 0.389 e. The average Bonchev–Trinajstić information content (AvgIpc) is 3.06. The zero-order valence-electron chi connectivity index (χ0n) is 15.9. The number of benzene rings is 1. The van der Waals surface area contributed by atoms with Gasteiger partial charge in [0.2, 0.25) is 5.91 Å². The van der Waals surface area contributed by atoms with Crippen LogP contribution in [0, 0.1) is 0 Å². The van der Waals surface area contributed by atoms with E-state index in [1.807, 2.05) is 36.9 Å². The lowest BCUT2D eigenvalue weighted by atomic mass is 10.2. The van der Waals surface area contributed by atoms with Gasteiger partial charge in [-0.15, -0.1) is 0 Å². The molecule has 0 aliphatic carbocycles. The Kier molecular flexibility index (Phi) is 6.64. The summed E-state index contributed by atoms with van der Waals surface area (Å²) in [6.45, 7) is 9.70. The second-order valence-electron chi connectivity index (χ2n) is 7.54. The van der Waals surface area contributed by atoms with Gasteiger partial charge in [0.1, 0.15) is 0 Å². The molecule has 0 spiro atoms. The molecule has 1 fully saturated rings. The average molecular weight is 361 g/mol. The van der Waals surface area contributed by atoms with Gasteiger partial charge in [-0.05, 0) is 31.9 Å². The van der Waals surface area contributed by atoms with E-state index < -0.39 is 6.10 Å². The molecule has 1 aromatic rings. The van der Waals surface area contributed by atoms with Gasteiger partial charge in [-0.25, -0.2) is 0 Å². The number of carbonyl (C=O) groups excluding carboxylic acids is 1. The van der Waals surface area contributed by atoms with E-state index in [0.717, 1.165) is 44.8 Å². The van der Waals surface area contributed by atoms with Crippen molar-refractivity contribution in [1.29, 1.82) is 0 Å². The smallest absolute Gasteiger partial charge is 0.241 e. The quantitative estimate of drug-likeness (QED) is 0.785. The fourth-order valence-electron chi connectivity index (χ4n) is 3.66. The van der Waals surface area contributed by atoms with Crippen molar-refractivity contribution < 1.29 is 14.6 Å². The van der Waals surface area contributed by atoms with Crippen LogP contribution in [0.15, 0.2) is 24.3 Å². The SMILES string of the molecule is CC(C)OCC(O)CN1CCN(CC(=O)N2CCc3ccccc32)CC1. The monoisotopic (exact) mass is 361 g/mol.